The van der Waals surface area contributed by atoms with Crippen molar-refractivity contribution in [1.29, 1.82) is 0 Å². The molecule has 2 heterocycles. The smallest absolute Gasteiger partial charge is 0.226 e. The van der Waals surface area contributed by atoms with E-state index in [-0.39, 0.29) is 11.8 Å². The van der Waals surface area contributed by atoms with Gasteiger partial charge in [-0.2, -0.15) is 0 Å². The van der Waals surface area contributed by atoms with Crippen LogP contribution in [0.25, 0.3) is 0 Å². The Morgan fingerprint density at radius 3 is 2.56 bits per heavy atom. The van der Waals surface area contributed by atoms with E-state index >= 15 is 0 Å². The third kappa shape index (κ3) is 5.01. The third-order valence-corrected chi connectivity index (χ3v) is 5.88. The maximum Gasteiger partial charge on any atom is 0.226 e. The van der Waals surface area contributed by atoms with E-state index < -0.39 is 0 Å². The fourth-order valence-corrected chi connectivity index (χ4v) is 4.17. The molecule has 0 N–H and O–H groups in total. The van der Waals surface area contributed by atoms with Crippen LogP contribution in [0.1, 0.15) is 24.8 Å². The molecule has 6 nitrogen and oxygen atoms in total. The Labute approximate surface area is 161 Å². The third-order valence-electron chi connectivity index (χ3n) is 5.88. The van der Waals surface area contributed by atoms with Crippen LogP contribution in [0.2, 0.25) is 0 Å². The van der Waals surface area contributed by atoms with Crippen molar-refractivity contribution in [3.8, 4) is 5.75 Å². The Morgan fingerprint density at radius 1 is 1.11 bits per heavy atom. The Hall–Kier alpha value is -2.08. The second-order valence-corrected chi connectivity index (χ2v) is 7.54. The standard InChI is InChI=1S/C21H30N2O4/c1-26-12-11-22-9-8-18-15-23(10-7-17(18)14-21(22)25)20(24)13-16-3-5-19(27-2)6-4-16/h3-6,17-18H,7-15H2,1-2H3/t17-,18+/m0/s1. The lowest BCUT2D eigenvalue weighted by Crippen LogP contribution is -2.44. The molecule has 3 rings (SSSR count). The summed E-state index contributed by atoms with van der Waals surface area (Å²) < 4.78 is 10.3. The lowest BCUT2D eigenvalue weighted by atomic mass is 9.82. The highest BCUT2D eigenvalue weighted by atomic mass is 16.5. The molecule has 0 aromatic heterocycles. The van der Waals surface area contributed by atoms with Crippen molar-refractivity contribution in [3.05, 3.63) is 29.8 Å². The summed E-state index contributed by atoms with van der Waals surface area (Å²) in [6.45, 7) is 3.53. The van der Waals surface area contributed by atoms with Crippen molar-refractivity contribution >= 4 is 11.8 Å². The van der Waals surface area contributed by atoms with E-state index in [1.54, 1.807) is 14.2 Å². The number of likely N-dealkylation sites (tertiary alicyclic amines) is 2. The number of piperidine rings is 1. The molecule has 0 radical (unpaired) electrons. The minimum Gasteiger partial charge on any atom is -0.497 e. The van der Waals surface area contributed by atoms with Crippen molar-refractivity contribution in [3.63, 3.8) is 0 Å². The summed E-state index contributed by atoms with van der Waals surface area (Å²) in [6, 6.07) is 7.67. The molecule has 2 fully saturated rings. The van der Waals surface area contributed by atoms with Crippen LogP contribution in [0.4, 0.5) is 0 Å². The molecular formula is C21H30N2O4. The second-order valence-electron chi connectivity index (χ2n) is 7.54. The van der Waals surface area contributed by atoms with Crippen LogP contribution in [-0.4, -0.2) is 68.6 Å². The summed E-state index contributed by atoms with van der Waals surface area (Å²) in [7, 11) is 3.30. The Kier molecular flexibility index (Phi) is 6.72. The lowest BCUT2D eigenvalue weighted by Gasteiger charge is -2.37. The molecule has 0 aliphatic carbocycles. The number of fused-ring (bicyclic) bond motifs is 1. The minimum absolute atomic E-state index is 0.172. The van der Waals surface area contributed by atoms with Gasteiger partial charge >= 0.3 is 0 Å². The van der Waals surface area contributed by atoms with Gasteiger partial charge in [0.05, 0.1) is 20.1 Å². The van der Waals surface area contributed by atoms with Gasteiger partial charge in [-0.25, -0.2) is 0 Å². The number of nitrogens with zero attached hydrogens (tertiary/aromatic N) is 2. The molecule has 0 bridgehead atoms. The molecule has 2 atom stereocenters. The Balaban J connectivity index is 1.56. The van der Waals surface area contributed by atoms with E-state index in [9.17, 15) is 9.59 Å². The maximum absolute atomic E-state index is 12.8. The summed E-state index contributed by atoms with van der Waals surface area (Å²) in [6.07, 6.45) is 2.91. The number of carbonyl (C=O) groups is 2. The van der Waals surface area contributed by atoms with Gasteiger partial charge in [-0.05, 0) is 42.4 Å². The van der Waals surface area contributed by atoms with Crippen LogP contribution < -0.4 is 4.74 Å². The highest BCUT2D eigenvalue weighted by Crippen LogP contribution is 2.32. The normalized spacial score (nSPS) is 23.0. The molecule has 2 aliphatic rings. The molecule has 27 heavy (non-hydrogen) atoms. The zero-order valence-electron chi connectivity index (χ0n) is 16.4. The molecule has 2 amide bonds. The van der Waals surface area contributed by atoms with Gasteiger partial charge in [-0.1, -0.05) is 12.1 Å². The summed E-state index contributed by atoms with van der Waals surface area (Å²) in [5, 5.41) is 0. The van der Waals surface area contributed by atoms with Gasteiger partial charge in [0.15, 0.2) is 0 Å². The van der Waals surface area contributed by atoms with Gasteiger partial charge in [0.2, 0.25) is 11.8 Å². The first kappa shape index (κ1) is 19.7. The van der Waals surface area contributed by atoms with Gasteiger partial charge in [0, 0.05) is 39.7 Å². The van der Waals surface area contributed by atoms with Gasteiger partial charge in [-0.3, -0.25) is 9.59 Å². The molecular weight excluding hydrogens is 344 g/mol. The molecule has 0 spiro atoms. The first-order valence-corrected chi connectivity index (χ1v) is 9.78. The van der Waals surface area contributed by atoms with Gasteiger partial charge in [0.25, 0.3) is 0 Å². The van der Waals surface area contributed by atoms with Gasteiger partial charge in [-0.15, -0.1) is 0 Å². The number of carbonyl (C=O) groups excluding carboxylic acids is 2. The largest absolute Gasteiger partial charge is 0.497 e. The van der Waals surface area contributed by atoms with Crippen LogP contribution in [0.3, 0.4) is 0 Å². The summed E-state index contributed by atoms with van der Waals surface area (Å²) in [4.78, 5) is 29.1. The number of methoxy groups -OCH3 is 2. The van der Waals surface area contributed by atoms with Crippen LogP contribution in [0, 0.1) is 11.8 Å². The number of hydrogen-bond donors (Lipinski definition) is 0. The number of hydrogen-bond acceptors (Lipinski definition) is 4. The molecule has 2 saturated heterocycles. The first-order valence-electron chi connectivity index (χ1n) is 9.78. The molecule has 0 saturated carbocycles. The van der Waals surface area contributed by atoms with Crippen LogP contribution >= 0.6 is 0 Å². The number of amides is 2. The molecule has 1 aromatic rings. The van der Waals surface area contributed by atoms with Crippen molar-refractivity contribution in [2.24, 2.45) is 11.8 Å². The van der Waals surface area contributed by atoms with Crippen molar-refractivity contribution in [1.82, 2.24) is 9.80 Å². The van der Waals surface area contributed by atoms with Crippen LogP contribution in [0.15, 0.2) is 24.3 Å². The predicted molar refractivity (Wildman–Crippen MR) is 103 cm³/mol. The van der Waals surface area contributed by atoms with E-state index in [4.69, 9.17) is 9.47 Å². The second kappa shape index (κ2) is 9.22. The summed E-state index contributed by atoms with van der Waals surface area (Å²) in [5.74, 6) is 2.02. The molecule has 6 heteroatoms. The van der Waals surface area contributed by atoms with Crippen LogP contribution in [-0.2, 0) is 20.7 Å². The number of ether oxygens (including phenoxy) is 2. The maximum atomic E-state index is 12.8. The average molecular weight is 374 g/mol. The highest BCUT2D eigenvalue weighted by molar-refractivity contribution is 5.79. The molecule has 1 aromatic carbocycles. The summed E-state index contributed by atoms with van der Waals surface area (Å²) in [5.41, 5.74) is 1.00. The van der Waals surface area contributed by atoms with Crippen LogP contribution in [0.5, 0.6) is 5.75 Å². The topological polar surface area (TPSA) is 59.1 Å². The minimum atomic E-state index is 0.172. The molecule has 2 aliphatic heterocycles. The van der Waals surface area contributed by atoms with E-state index in [1.807, 2.05) is 34.1 Å². The molecule has 148 valence electrons. The van der Waals surface area contributed by atoms with Gasteiger partial charge < -0.3 is 19.3 Å². The predicted octanol–water partition coefficient (Wildman–Crippen LogP) is 1.97. The van der Waals surface area contributed by atoms with Crippen molar-refractivity contribution in [2.45, 2.75) is 25.7 Å². The zero-order chi connectivity index (χ0) is 19.2. The van der Waals surface area contributed by atoms with E-state index in [0.717, 1.165) is 43.8 Å². The Morgan fingerprint density at radius 2 is 1.85 bits per heavy atom. The first-order chi connectivity index (χ1) is 13.1. The highest BCUT2D eigenvalue weighted by Gasteiger charge is 2.36. The average Bonchev–Trinajstić information content (AvgIpc) is 2.84. The van der Waals surface area contributed by atoms with Crippen molar-refractivity contribution < 1.29 is 19.1 Å². The van der Waals surface area contributed by atoms with E-state index in [2.05, 4.69) is 0 Å². The monoisotopic (exact) mass is 374 g/mol. The number of rotatable bonds is 6. The SMILES string of the molecule is COCCN1CC[C@@H]2CN(C(=O)Cc3ccc(OC)cc3)CC[C@H]2CC1=O. The Bertz CT molecular complexity index is 646. The fourth-order valence-electron chi connectivity index (χ4n) is 4.17. The fraction of sp³-hybridized carbons (Fsp3) is 0.619. The van der Waals surface area contributed by atoms with Gasteiger partial charge in [0.1, 0.15) is 5.75 Å². The van der Waals surface area contributed by atoms with E-state index in [0.29, 0.717) is 37.8 Å². The lowest BCUT2D eigenvalue weighted by molar-refractivity contribution is -0.133. The number of benzene rings is 1. The van der Waals surface area contributed by atoms with Crippen molar-refractivity contribution in [2.75, 3.05) is 47.0 Å². The van der Waals surface area contributed by atoms with E-state index in [1.165, 1.54) is 0 Å². The zero-order valence-corrected chi connectivity index (χ0v) is 16.4. The quantitative estimate of drug-likeness (QED) is 0.764. The summed E-state index contributed by atoms with van der Waals surface area (Å²) >= 11 is 0. The molecule has 0 unspecified atom stereocenters.